The predicted molar refractivity (Wildman–Crippen MR) is 41.9 cm³/mol. The second kappa shape index (κ2) is 3.36. The number of carbonyl (C=O) groups is 1. The number of rotatable bonds is 2. The molecule has 5 heteroatoms. The van der Waals surface area contributed by atoms with Crippen molar-refractivity contribution in [3.05, 3.63) is 17.5 Å². The van der Waals surface area contributed by atoms with E-state index in [2.05, 4.69) is 5.16 Å². The van der Waals surface area contributed by atoms with E-state index < -0.39 is 0 Å². The van der Waals surface area contributed by atoms with Gasteiger partial charge in [0.25, 0.3) is 0 Å². The van der Waals surface area contributed by atoms with Crippen LogP contribution in [0.5, 0.6) is 0 Å². The van der Waals surface area contributed by atoms with Gasteiger partial charge in [0.15, 0.2) is 0 Å². The zero-order chi connectivity index (χ0) is 9.14. The number of nitrogens with zero attached hydrogens (tertiary/aromatic N) is 2. The van der Waals surface area contributed by atoms with E-state index in [0.717, 1.165) is 10.7 Å². The van der Waals surface area contributed by atoms with Crippen molar-refractivity contribution in [3.8, 4) is 0 Å². The lowest BCUT2D eigenvalue weighted by Gasteiger charge is -2.06. The molecule has 0 aliphatic rings. The van der Waals surface area contributed by atoms with Gasteiger partial charge in [-0.25, -0.2) is 5.84 Å². The van der Waals surface area contributed by atoms with E-state index in [9.17, 15) is 4.79 Å². The molecule has 0 aliphatic heterocycles. The zero-order valence-corrected chi connectivity index (χ0v) is 7.07. The van der Waals surface area contributed by atoms with Crippen LogP contribution in [0.2, 0.25) is 0 Å². The molecule has 0 radical (unpaired) electrons. The summed E-state index contributed by atoms with van der Waals surface area (Å²) in [6.45, 7) is 1.80. The Morgan fingerprint density at radius 3 is 2.92 bits per heavy atom. The quantitative estimate of drug-likeness (QED) is 0.380. The highest BCUT2D eigenvalue weighted by Gasteiger charge is 2.09. The normalized spacial score (nSPS) is 9.92. The lowest BCUT2D eigenvalue weighted by atomic mass is 10.3. The average molecular weight is 169 g/mol. The largest absolute Gasteiger partial charge is 0.361 e. The molecule has 0 saturated heterocycles. The van der Waals surface area contributed by atoms with E-state index >= 15 is 0 Å². The van der Waals surface area contributed by atoms with Gasteiger partial charge in [-0.15, -0.1) is 0 Å². The molecular formula is C7H11N3O2. The number of hydrazine groups is 1. The Morgan fingerprint density at radius 2 is 2.50 bits per heavy atom. The SMILES string of the molecule is Cc1cc(CC(=O)N(C)N)on1. The Bertz CT molecular complexity index is 280. The van der Waals surface area contributed by atoms with E-state index in [1.165, 1.54) is 7.05 Å². The van der Waals surface area contributed by atoms with Crippen LogP contribution in [-0.2, 0) is 11.2 Å². The summed E-state index contributed by atoms with van der Waals surface area (Å²) in [5.74, 6) is 5.55. The molecule has 0 fully saturated rings. The Balaban J connectivity index is 2.58. The van der Waals surface area contributed by atoms with Crippen molar-refractivity contribution in [2.45, 2.75) is 13.3 Å². The van der Waals surface area contributed by atoms with Crippen LogP contribution in [0.4, 0.5) is 0 Å². The number of aromatic nitrogens is 1. The molecule has 0 aromatic carbocycles. The average Bonchev–Trinajstić information content (AvgIpc) is 2.35. The number of amides is 1. The molecule has 1 amide bonds. The third-order valence-corrected chi connectivity index (χ3v) is 1.40. The van der Waals surface area contributed by atoms with Crippen LogP contribution < -0.4 is 5.84 Å². The van der Waals surface area contributed by atoms with Gasteiger partial charge in [-0.05, 0) is 6.92 Å². The van der Waals surface area contributed by atoms with Gasteiger partial charge >= 0.3 is 0 Å². The van der Waals surface area contributed by atoms with Gasteiger partial charge in [0.1, 0.15) is 5.76 Å². The fraction of sp³-hybridized carbons (Fsp3) is 0.429. The molecule has 1 heterocycles. The van der Waals surface area contributed by atoms with Crippen molar-refractivity contribution in [2.75, 3.05) is 7.05 Å². The first-order valence-corrected chi connectivity index (χ1v) is 3.53. The monoisotopic (exact) mass is 169 g/mol. The minimum Gasteiger partial charge on any atom is -0.361 e. The van der Waals surface area contributed by atoms with Crippen molar-refractivity contribution < 1.29 is 9.32 Å². The molecule has 2 N–H and O–H groups in total. The van der Waals surface area contributed by atoms with Crippen molar-refractivity contribution in [3.63, 3.8) is 0 Å². The summed E-state index contributed by atoms with van der Waals surface area (Å²) in [4.78, 5) is 11.0. The standard InChI is InChI=1S/C7H11N3O2/c1-5-3-6(12-9-5)4-7(11)10(2)8/h3H,4,8H2,1-2H3. The molecule has 0 spiro atoms. The summed E-state index contributed by atoms with van der Waals surface area (Å²) in [5, 5.41) is 4.67. The Labute approximate surface area is 70.1 Å². The van der Waals surface area contributed by atoms with E-state index in [1.54, 1.807) is 13.0 Å². The highest BCUT2D eigenvalue weighted by molar-refractivity contribution is 5.77. The van der Waals surface area contributed by atoms with Crippen LogP contribution in [0, 0.1) is 6.92 Å². The number of likely N-dealkylation sites (N-methyl/N-ethyl adjacent to an activating group) is 1. The van der Waals surface area contributed by atoms with E-state index in [-0.39, 0.29) is 12.3 Å². The summed E-state index contributed by atoms with van der Waals surface area (Å²) in [6.07, 6.45) is 0.161. The lowest BCUT2D eigenvalue weighted by Crippen LogP contribution is -2.34. The summed E-state index contributed by atoms with van der Waals surface area (Å²) in [5.41, 5.74) is 0.762. The third-order valence-electron chi connectivity index (χ3n) is 1.40. The first kappa shape index (κ1) is 8.73. The second-order valence-electron chi connectivity index (χ2n) is 2.62. The predicted octanol–water partition coefficient (Wildman–Crippen LogP) is -0.142. The summed E-state index contributed by atoms with van der Waals surface area (Å²) < 4.78 is 4.83. The minimum atomic E-state index is -0.203. The zero-order valence-electron chi connectivity index (χ0n) is 7.07. The first-order chi connectivity index (χ1) is 5.59. The van der Waals surface area contributed by atoms with Crippen LogP contribution in [0.1, 0.15) is 11.5 Å². The number of aryl methyl sites for hydroxylation is 1. The molecule has 0 aliphatic carbocycles. The molecule has 0 saturated carbocycles. The molecule has 0 bridgehead atoms. The molecule has 0 atom stereocenters. The number of nitrogens with two attached hydrogens (primary N) is 1. The van der Waals surface area contributed by atoms with Crippen LogP contribution in [0.15, 0.2) is 10.6 Å². The molecule has 0 unspecified atom stereocenters. The molecule has 1 rings (SSSR count). The van der Waals surface area contributed by atoms with Crippen LogP contribution in [-0.4, -0.2) is 23.1 Å². The van der Waals surface area contributed by atoms with Crippen LogP contribution in [0.25, 0.3) is 0 Å². The lowest BCUT2D eigenvalue weighted by molar-refractivity contribution is -0.129. The second-order valence-corrected chi connectivity index (χ2v) is 2.62. The number of hydrogen-bond donors (Lipinski definition) is 1. The van der Waals surface area contributed by atoms with E-state index in [0.29, 0.717) is 5.76 Å². The summed E-state index contributed by atoms with van der Waals surface area (Å²) in [7, 11) is 1.49. The molecule has 5 nitrogen and oxygen atoms in total. The Morgan fingerprint density at radius 1 is 1.83 bits per heavy atom. The van der Waals surface area contributed by atoms with Crippen LogP contribution >= 0.6 is 0 Å². The van der Waals surface area contributed by atoms with Crippen molar-refractivity contribution in [1.29, 1.82) is 0 Å². The van der Waals surface area contributed by atoms with E-state index in [1.807, 2.05) is 0 Å². The molecule has 1 aromatic heterocycles. The van der Waals surface area contributed by atoms with Crippen molar-refractivity contribution >= 4 is 5.91 Å². The van der Waals surface area contributed by atoms with Crippen molar-refractivity contribution in [2.24, 2.45) is 5.84 Å². The van der Waals surface area contributed by atoms with Gasteiger partial charge in [0.05, 0.1) is 12.1 Å². The van der Waals surface area contributed by atoms with Gasteiger partial charge in [-0.2, -0.15) is 0 Å². The summed E-state index contributed by atoms with van der Waals surface area (Å²) in [6, 6.07) is 1.71. The smallest absolute Gasteiger partial charge is 0.243 e. The molecule has 1 aromatic rings. The highest BCUT2D eigenvalue weighted by atomic mass is 16.5. The Hall–Kier alpha value is -1.36. The third kappa shape index (κ3) is 2.06. The molecule has 66 valence electrons. The maximum Gasteiger partial charge on any atom is 0.243 e. The molecule has 12 heavy (non-hydrogen) atoms. The molecular weight excluding hydrogens is 158 g/mol. The summed E-state index contributed by atoms with van der Waals surface area (Å²) >= 11 is 0. The van der Waals surface area contributed by atoms with Crippen LogP contribution in [0.3, 0.4) is 0 Å². The Kier molecular flexibility index (Phi) is 2.44. The van der Waals surface area contributed by atoms with Gasteiger partial charge in [-0.1, -0.05) is 5.16 Å². The maximum atomic E-state index is 11.0. The van der Waals surface area contributed by atoms with Gasteiger partial charge in [-0.3, -0.25) is 9.80 Å². The topological polar surface area (TPSA) is 72.4 Å². The maximum absolute atomic E-state index is 11.0. The van der Waals surface area contributed by atoms with Gasteiger partial charge < -0.3 is 4.52 Å². The first-order valence-electron chi connectivity index (χ1n) is 3.53. The number of hydrogen-bond acceptors (Lipinski definition) is 4. The van der Waals surface area contributed by atoms with Crippen molar-refractivity contribution in [1.82, 2.24) is 10.2 Å². The fourth-order valence-corrected chi connectivity index (χ4v) is 0.773. The fourth-order valence-electron chi connectivity index (χ4n) is 0.773. The minimum absolute atomic E-state index is 0.161. The highest BCUT2D eigenvalue weighted by Crippen LogP contribution is 2.03. The van der Waals surface area contributed by atoms with Gasteiger partial charge in [0, 0.05) is 13.1 Å². The van der Waals surface area contributed by atoms with Gasteiger partial charge in [0.2, 0.25) is 5.91 Å². The number of carbonyl (C=O) groups excluding carboxylic acids is 1. The van der Waals surface area contributed by atoms with E-state index in [4.69, 9.17) is 10.4 Å².